The van der Waals surface area contributed by atoms with Crippen LogP contribution in [0.3, 0.4) is 0 Å². The largest absolute Gasteiger partial charge is 1.00 e. The van der Waals surface area contributed by atoms with Gasteiger partial charge in [0, 0.05) is 0 Å². The Balaban J connectivity index is -0.0000000200. The van der Waals surface area contributed by atoms with E-state index in [4.69, 9.17) is 0 Å². The second-order valence-corrected chi connectivity index (χ2v) is 0.167. The van der Waals surface area contributed by atoms with Gasteiger partial charge in [0.15, 0.2) is 0 Å². The molecule has 0 fully saturated rings. The zero-order chi connectivity index (χ0) is 2.71. The van der Waals surface area contributed by atoms with Gasteiger partial charge in [0.25, 0.3) is 0 Å². The molecule has 0 aliphatic carbocycles. The summed E-state index contributed by atoms with van der Waals surface area (Å²) in [6, 6.07) is 0. The fourth-order valence-electron chi connectivity index (χ4n) is 0. The maximum Gasteiger partial charge on any atom is 1.00 e. The van der Waals surface area contributed by atoms with Crippen LogP contribution in [0.25, 0.3) is 0 Å². The van der Waals surface area contributed by atoms with E-state index in [2.05, 4.69) is 13.2 Å². The SMILES string of the molecule is [CH+]=C=[CH-].[Li+].[Li+]. The zero-order valence-corrected chi connectivity index (χ0v) is 3.65. The van der Waals surface area contributed by atoms with E-state index in [1.54, 1.807) is 5.73 Å². The van der Waals surface area contributed by atoms with Crippen LogP contribution in [-0.2, 0) is 0 Å². The molecule has 0 amide bonds. The molecule has 0 bridgehead atoms. The van der Waals surface area contributed by atoms with Crippen LogP contribution < -0.4 is 37.7 Å². The molecule has 0 aromatic carbocycles. The van der Waals surface area contributed by atoms with E-state index in [9.17, 15) is 0 Å². The Kier molecular flexibility index (Phi) is 80.4. The van der Waals surface area contributed by atoms with Gasteiger partial charge in [-0.05, 0) is 6.58 Å². The van der Waals surface area contributed by atoms with Gasteiger partial charge >= 0.3 is 37.7 Å². The Bertz CT molecular complexity index is 25.9. The molecule has 0 aromatic rings. The third-order valence-corrected chi connectivity index (χ3v) is 0. The molecule has 2 heteroatoms. The van der Waals surface area contributed by atoms with E-state index in [0.717, 1.165) is 0 Å². The fraction of sp³-hybridized carbons (Fsp3) is 0. The van der Waals surface area contributed by atoms with Crippen molar-refractivity contribution >= 4 is 0 Å². The second kappa shape index (κ2) is 23.0. The Morgan fingerprint density at radius 1 is 1.40 bits per heavy atom. The molecule has 14 valence electrons. The summed E-state index contributed by atoms with van der Waals surface area (Å²) in [5.41, 5.74) is 1.75. The maximum absolute atomic E-state index is 4.38. The van der Waals surface area contributed by atoms with Gasteiger partial charge in [0.2, 0.25) is 0 Å². The number of hydrogen-bond acceptors (Lipinski definition) is 0. The van der Waals surface area contributed by atoms with E-state index in [1.807, 2.05) is 0 Å². The predicted octanol–water partition coefficient (Wildman–Crippen LogP) is -5.43. The molecular weight excluding hydrogens is 49.9 g/mol. The molecule has 0 N–H and O–H groups in total. The Morgan fingerprint density at radius 2 is 1.40 bits per heavy atom. The van der Waals surface area contributed by atoms with Crippen LogP contribution in [0, 0.1) is 13.2 Å². The summed E-state index contributed by atoms with van der Waals surface area (Å²) in [5.74, 6) is 0. The standard InChI is InChI=1S/C3H2.2Li/c1-3-2;;/h1-2H;;/q;2*+1. The molecule has 0 aliphatic heterocycles. The molecule has 0 radical (unpaired) electrons. The topological polar surface area (TPSA) is 0 Å². The van der Waals surface area contributed by atoms with E-state index in [-0.39, 0.29) is 37.7 Å². The summed E-state index contributed by atoms with van der Waals surface area (Å²) in [6.07, 6.45) is 0. The van der Waals surface area contributed by atoms with Crippen LogP contribution in [0.5, 0.6) is 0 Å². The van der Waals surface area contributed by atoms with Crippen molar-refractivity contribution in [3.63, 3.8) is 0 Å². The van der Waals surface area contributed by atoms with Crippen LogP contribution in [-0.4, -0.2) is 0 Å². The maximum atomic E-state index is 4.38. The van der Waals surface area contributed by atoms with Crippen LogP contribution in [0.15, 0.2) is 5.73 Å². The van der Waals surface area contributed by atoms with Crippen molar-refractivity contribution in [3.05, 3.63) is 18.9 Å². The van der Waals surface area contributed by atoms with Gasteiger partial charge in [0.05, 0.1) is 0 Å². The van der Waals surface area contributed by atoms with E-state index in [0.29, 0.717) is 0 Å². The summed E-state index contributed by atoms with van der Waals surface area (Å²) in [6.45, 7) is 8.75. The second-order valence-electron chi connectivity index (χ2n) is 0.167. The first kappa shape index (κ1) is 17.5. The van der Waals surface area contributed by atoms with Crippen molar-refractivity contribution in [1.29, 1.82) is 0 Å². The van der Waals surface area contributed by atoms with Crippen LogP contribution >= 0.6 is 0 Å². The van der Waals surface area contributed by atoms with Gasteiger partial charge in [-0.1, -0.05) is 5.73 Å². The zero-order valence-electron chi connectivity index (χ0n) is 3.65. The summed E-state index contributed by atoms with van der Waals surface area (Å²) in [4.78, 5) is 0. The van der Waals surface area contributed by atoms with E-state index < -0.39 is 0 Å². The van der Waals surface area contributed by atoms with Gasteiger partial charge < -0.3 is 0 Å². The molecule has 0 nitrogen and oxygen atoms in total. The average molecular weight is 51.9 g/mol. The van der Waals surface area contributed by atoms with Crippen molar-refractivity contribution in [1.82, 2.24) is 0 Å². The average Bonchev–Trinajstić information content (AvgIpc) is 0.918. The van der Waals surface area contributed by atoms with Crippen molar-refractivity contribution in [2.75, 3.05) is 0 Å². The quantitative estimate of drug-likeness (QED) is 0.146. The summed E-state index contributed by atoms with van der Waals surface area (Å²) in [7, 11) is 0. The number of rotatable bonds is 0. The van der Waals surface area contributed by atoms with Gasteiger partial charge in [-0.2, -0.15) is 0 Å². The van der Waals surface area contributed by atoms with Crippen LogP contribution in [0.2, 0.25) is 0 Å². The summed E-state index contributed by atoms with van der Waals surface area (Å²) in [5, 5.41) is 0. The minimum atomic E-state index is 0. The molecule has 0 aromatic heterocycles. The summed E-state index contributed by atoms with van der Waals surface area (Å²) >= 11 is 0. The Labute approximate surface area is 56.7 Å². The number of hydrogen-bond donors (Lipinski definition) is 0. The van der Waals surface area contributed by atoms with E-state index >= 15 is 0 Å². The molecule has 0 unspecified atom stereocenters. The molecule has 0 saturated heterocycles. The molecule has 0 heterocycles. The molecule has 0 aliphatic rings. The predicted molar refractivity (Wildman–Crippen MR) is 12.1 cm³/mol. The molecular formula is C3H2Li2+2. The Hall–Kier alpha value is 0.625. The first-order valence-corrected chi connectivity index (χ1v) is 0.577. The Morgan fingerprint density at radius 3 is 1.40 bits per heavy atom. The van der Waals surface area contributed by atoms with Crippen molar-refractivity contribution in [3.8, 4) is 0 Å². The fourth-order valence-corrected chi connectivity index (χ4v) is 0. The van der Waals surface area contributed by atoms with Crippen LogP contribution in [0.4, 0.5) is 0 Å². The van der Waals surface area contributed by atoms with Crippen LogP contribution in [0.1, 0.15) is 0 Å². The molecule has 0 rings (SSSR count). The summed E-state index contributed by atoms with van der Waals surface area (Å²) < 4.78 is 0. The monoisotopic (exact) mass is 52.0 g/mol. The molecule has 0 atom stereocenters. The van der Waals surface area contributed by atoms with Crippen molar-refractivity contribution < 1.29 is 37.7 Å². The molecule has 0 spiro atoms. The normalized spacial score (nSPS) is 1.40. The van der Waals surface area contributed by atoms with Crippen molar-refractivity contribution in [2.45, 2.75) is 0 Å². The van der Waals surface area contributed by atoms with Crippen molar-refractivity contribution in [2.24, 2.45) is 0 Å². The van der Waals surface area contributed by atoms with Gasteiger partial charge in [-0.3, -0.25) is 0 Å². The van der Waals surface area contributed by atoms with E-state index in [1.165, 1.54) is 0 Å². The minimum absolute atomic E-state index is 0. The van der Waals surface area contributed by atoms with Gasteiger partial charge in [-0.15, -0.1) is 6.58 Å². The first-order chi connectivity index (χ1) is 1.41. The molecule has 0 saturated carbocycles. The third kappa shape index (κ3) is 81.6. The third-order valence-electron chi connectivity index (χ3n) is 0. The first-order valence-electron chi connectivity index (χ1n) is 0.577. The van der Waals surface area contributed by atoms with Gasteiger partial charge in [0.1, 0.15) is 0 Å². The minimum Gasteiger partial charge on any atom is -0.115 e. The molecule has 5 heavy (non-hydrogen) atoms. The van der Waals surface area contributed by atoms with Gasteiger partial charge in [-0.25, -0.2) is 0 Å². The smallest absolute Gasteiger partial charge is 0.115 e.